The van der Waals surface area contributed by atoms with Gasteiger partial charge in [0.25, 0.3) is 0 Å². The normalized spacial score (nSPS) is 12.9. The van der Waals surface area contributed by atoms with E-state index in [1.165, 1.54) is 4.70 Å². The lowest BCUT2D eigenvalue weighted by Crippen LogP contribution is -2.18. The first-order valence-electron chi connectivity index (χ1n) is 6.90. The van der Waals surface area contributed by atoms with Crippen molar-refractivity contribution in [2.24, 2.45) is 0 Å². The molecule has 4 heteroatoms. The Morgan fingerprint density at radius 3 is 2.70 bits per heavy atom. The average molecular weight is 286 g/mol. The van der Waals surface area contributed by atoms with Gasteiger partial charge in [0, 0.05) is 12.8 Å². The highest BCUT2D eigenvalue weighted by Gasteiger charge is 2.16. The van der Waals surface area contributed by atoms with Crippen LogP contribution < -0.4 is 5.32 Å². The molecule has 0 fully saturated rings. The Hall–Kier alpha value is -1.65. The van der Waals surface area contributed by atoms with Crippen molar-refractivity contribution in [3.05, 3.63) is 52.9 Å². The zero-order valence-corrected chi connectivity index (χ0v) is 12.5. The molecule has 0 aliphatic heterocycles. The van der Waals surface area contributed by atoms with Crippen LogP contribution in [0.4, 0.5) is 0 Å². The number of nitrogens with zero attached hydrogens (tertiary/aromatic N) is 1. The third-order valence-electron chi connectivity index (χ3n) is 3.43. The molecule has 3 rings (SSSR count). The first-order chi connectivity index (χ1) is 9.80. The molecule has 1 atom stereocenters. The van der Waals surface area contributed by atoms with Gasteiger partial charge in [-0.25, -0.2) is 4.98 Å². The quantitative estimate of drug-likeness (QED) is 0.771. The molecule has 2 heterocycles. The van der Waals surface area contributed by atoms with E-state index in [1.807, 2.05) is 13.1 Å². The lowest BCUT2D eigenvalue weighted by Gasteiger charge is -2.11. The van der Waals surface area contributed by atoms with Crippen molar-refractivity contribution in [1.82, 2.24) is 10.3 Å². The fraction of sp³-hybridized carbons (Fsp3) is 0.312. The second-order valence-corrected chi connectivity index (χ2v) is 5.85. The summed E-state index contributed by atoms with van der Waals surface area (Å²) in [6.07, 6.45) is 1.77. The number of benzene rings is 1. The number of hydrogen-bond donors (Lipinski definition) is 1. The monoisotopic (exact) mass is 286 g/mol. The Balaban J connectivity index is 1.85. The van der Waals surface area contributed by atoms with Gasteiger partial charge in [-0.05, 0) is 31.3 Å². The third-order valence-corrected chi connectivity index (χ3v) is 4.58. The van der Waals surface area contributed by atoms with E-state index in [0.717, 1.165) is 34.9 Å². The van der Waals surface area contributed by atoms with Crippen LogP contribution in [0, 0.1) is 0 Å². The lowest BCUT2D eigenvalue weighted by molar-refractivity contribution is 0.439. The summed E-state index contributed by atoms with van der Waals surface area (Å²) in [6.45, 7) is 2.10. The van der Waals surface area contributed by atoms with Crippen LogP contribution in [0.5, 0.6) is 0 Å². The van der Waals surface area contributed by atoms with Gasteiger partial charge in [0.15, 0.2) is 0 Å². The van der Waals surface area contributed by atoms with Crippen molar-refractivity contribution in [2.45, 2.75) is 25.8 Å². The number of para-hydroxylation sites is 1. The van der Waals surface area contributed by atoms with Crippen LogP contribution in [-0.2, 0) is 12.8 Å². The van der Waals surface area contributed by atoms with E-state index in [2.05, 4.69) is 42.6 Å². The zero-order chi connectivity index (χ0) is 13.9. The van der Waals surface area contributed by atoms with E-state index < -0.39 is 0 Å². The predicted octanol–water partition coefficient (Wildman–Crippen LogP) is 3.95. The number of nitrogens with one attached hydrogen (secondary N) is 1. The molecule has 0 saturated carbocycles. The summed E-state index contributed by atoms with van der Waals surface area (Å²) in [5, 5.41) is 4.46. The number of fused-ring (bicyclic) bond motifs is 1. The van der Waals surface area contributed by atoms with Crippen LogP contribution in [0.1, 0.15) is 29.5 Å². The smallest absolute Gasteiger partial charge is 0.111 e. The highest BCUT2D eigenvalue weighted by Crippen LogP contribution is 2.28. The van der Waals surface area contributed by atoms with Crippen LogP contribution in [0.2, 0.25) is 0 Å². The maximum atomic E-state index is 5.80. The second kappa shape index (κ2) is 5.77. The van der Waals surface area contributed by atoms with Crippen LogP contribution in [0.3, 0.4) is 0 Å². The van der Waals surface area contributed by atoms with E-state index in [1.54, 1.807) is 11.3 Å². The third kappa shape index (κ3) is 2.62. The van der Waals surface area contributed by atoms with Crippen LogP contribution in [-0.4, -0.2) is 12.0 Å². The van der Waals surface area contributed by atoms with Gasteiger partial charge in [-0.1, -0.05) is 19.1 Å². The number of thiazole rings is 1. The highest BCUT2D eigenvalue weighted by atomic mass is 32.1. The SMILES string of the molecule is CCc1ccc(CC(NC)c2nc3ccccc3s2)o1. The number of aryl methyl sites for hydroxylation is 1. The molecule has 1 unspecified atom stereocenters. The summed E-state index contributed by atoms with van der Waals surface area (Å²) in [6, 6.07) is 12.6. The van der Waals surface area contributed by atoms with Crippen molar-refractivity contribution in [3.63, 3.8) is 0 Å². The zero-order valence-electron chi connectivity index (χ0n) is 11.7. The molecule has 2 aromatic heterocycles. The molecule has 0 aliphatic rings. The Kier molecular flexibility index (Phi) is 3.85. The fourth-order valence-electron chi connectivity index (χ4n) is 2.28. The number of likely N-dealkylation sites (N-methyl/N-ethyl adjacent to an activating group) is 1. The van der Waals surface area contributed by atoms with Gasteiger partial charge in [0.1, 0.15) is 16.5 Å². The average Bonchev–Trinajstić information content (AvgIpc) is 3.10. The molecule has 3 nitrogen and oxygen atoms in total. The van der Waals surface area contributed by atoms with Crippen molar-refractivity contribution in [2.75, 3.05) is 7.05 Å². The molecule has 0 spiro atoms. The topological polar surface area (TPSA) is 38.1 Å². The number of rotatable bonds is 5. The molecule has 104 valence electrons. The van der Waals surface area contributed by atoms with E-state index in [4.69, 9.17) is 9.40 Å². The summed E-state index contributed by atoms with van der Waals surface area (Å²) in [5.41, 5.74) is 1.07. The Morgan fingerprint density at radius 1 is 1.20 bits per heavy atom. The summed E-state index contributed by atoms with van der Waals surface area (Å²) < 4.78 is 7.03. The Morgan fingerprint density at radius 2 is 2.00 bits per heavy atom. The largest absolute Gasteiger partial charge is 0.466 e. The molecule has 0 aliphatic carbocycles. The van der Waals surface area contributed by atoms with Crippen molar-refractivity contribution in [3.8, 4) is 0 Å². The fourth-order valence-corrected chi connectivity index (χ4v) is 3.35. The summed E-state index contributed by atoms with van der Waals surface area (Å²) >= 11 is 1.75. The first-order valence-corrected chi connectivity index (χ1v) is 7.72. The van der Waals surface area contributed by atoms with E-state index in [-0.39, 0.29) is 6.04 Å². The Labute approximate surface area is 122 Å². The molecule has 0 amide bonds. The minimum Gasteiger partial charge on any atom is -0.466 e. The predicted molar refractivity (Wildman–Crippen MR) is 83.2 cm³/mol. The molecular formula is C16H18N2OS. The van der Waals surface area contributed by atoms with Gasteiger partial charge < -0.3 is 9.73 Å². The standard InChI is InChI=1S/C16H18N2OS/c1-3-11-8-9-12(19-11)10-14(17-2)16-18-13-6-4-5-7-15(13)20-16/h4-9,14,17H,3,10H2,1-2H3. The molecule has 20 heavy (non-hydrogen) atoms. The van der Waals surface area contributed by atoms with Crippen LogP contribution in [0.25, 0.3) is 10.2 Å². The molecule has 1 aromatic carbocycles. The first kappa shape index (κ1) is 13.3. The van der Waals surface area contributed by atoms with E-state index in [0.29, 0.717) is 0 Å². The van der Waals surface area contributed by atoms with Crippen molar-refractivity contribution in [1.29, 1.82) is 0 Å². The van der Waals surface area contributed by atoms with E-state index >= 15 is 0 Å². The van der Waals surface area contributed by atoms with Crippen molar-refractivity contribution >= 4 is 21.6 Å². The second-order valence-electron chi connectivity index (χ2n) is 4.79. The van der Waals surface area contributed by atoms with Gasteiger partial charge in [-0.3, -0.25) is 0 Å². The van der Waals surface area contributed by atoms with Gasteiger partial charge in [0.05, 0.1) is 16.3 Å². The number of hydrogen-bond acceptors (Lipinski definition) is 4. The highest BCUT2D eigenvalue weighted by molar-refractivity contribution is 7.18. The summed E-state index contributed by atoms with van der Waals surface area (Å²) in [7, 11) is 1.97. The molecule has 3 aromatic rings. The van der Waals surface area contributed by atoms with E-state index in [9.17, 15) is 0 Å². The van der Waals surface area contributed by atoms with Gasteiger partial charge >= 0.3 is 0 Å². The maximum Gasteiger partial charge on any atom is 0.111 e. The summed E-state index contributed by atoms with van der Waals surface area (Å²) in [5.74, 6) is 2.06. The lowest BCUT2D eigenvalue weighted by atomic mass is 10.2. The summed E-state index contributed by atoms with van der Waals surface area (Å²) in [4.78, 5) is 4.72. The minimum absolute atomic E-state index is 0.197. The molecular weight excluding hydrogens is 268 g/mol. The molecule has 0 radical (unpaired) electrons. The van der Waals surface area contributed by atoms with Gasteiger partial charge in [0.2, 0.25) is 0 Å². The number of furan rings is 1. The number of aromatic nitrogens is 1. The van der Waals surface area contributed by atoms with Gasteiger partial charge in [-0.15, -0.1) is 11.3 Å². The van der Waals surface area contributed by atoms with Gasteiger partial charge in [-0.2, -0.15) is 0 Å². The minimum atomic E-state index is 0.197. The molecule has 1 N–H and O–H groups in total. The van der Waals surface area contributed by atoms with Crippen LogP contribution in [0.15, 0.2) is 40.8 Å². The molecule has 0 saturated heterocycles. The molecule has 0 bridgehead atoms. The maximum absolute atomic E-state index is 5.80. The van der Waals surface area contributed by atoms with Crippen LogP contribution >= 0.6 is 11.3 Å². The van der Waals surface area contributed by atoms with Crippen molar-refractivity contribution < 1.29 is 4.42 Å². The Bertz CT molecular complexity index is 668.